The maximum absolute atomic E-state index is 12.8. The van der Waals surface area contributed by atoms with Gasteiger partial charge in [-0.1, -0.05) is 6.07 Å². The number of benzene rings is 2. The third-order valence-electron chi connectivity index (χ3n) is 4.52. The molecule has 6 nitrogen and oxygen atoms in total. The van der Waals surface area contributed by atoms with Crippen LogP contribution in [0.5, 0.6) is 5.75 Å². The van der Waals surface area contributed by atoms with Gasteiger partial charge in [0.25, 0.3) is 10.0 Å². The van der Waals surface area contributed by atoms with E-state index in [9.17, 15) is 13.2 Å². The van der Waals surface area contributed by atoms with Gasteiger partial charge in [-0.3, -0.25) is 9.52 Å². The number of rotatable bonds is 6. The van der Waals surface area contributed by atoms with Crippen molar-refractivity contribution >= 4 is 27.3 Å². The molecule has 1 fully saturated rings. The summed E-state index contributed by atoms with van der Waals surface area (Å²) in [4.78, 5) is 13.8. The first-order valence-electron chi connectivity index (χ1n) is 8.99. The third-order valence-corrected chi connectivity index (χ3v) is 5.88. The third kappa shape index (κ3) is 4.08. The molecule has 0 aromatic heterocycles. The molecule has 0 aliphatic carbocycles. The fraction of sp³-hybridized carbons (Fsp3) is 0.350. The molecule has 0 saturated carbocycles. The molecule has 144 valence electrons. The Morgan fingerprint density at radius 1 is 1.15 bits per heavy atom. The summed E-state index contributed by atoms with van der Waals surface area (Å²) in [5, 5.41) is 0. The number of aryl methyl sites for hydroxylation is 2. The Morgan fingerprint density at radius 2 is 1.85 bits per heavy atom. The van der Waals surface area contributed by atoms with Gasteiger partial charge >= 0.3 is 0 Å². The molecule has 0 unspecified atom stereocenters. The predicted octanol–water partition coefficient (Wildman–Crippen LogP) is 3.63. The summed E-state index contributed by atoms with van der Waals surface area (Å²) in [5.41, 5.74) is 2.68. The highest BCUT2D eigenvalue weighted by atomic mass is 32.2. The molecule has 27 heavy (non-hydrogen) atoms. The van der Waals surface area contributed by atoms with Crippen LogP contribution in [0, 0.1) is 13.8 Å². The van der Waals surface area contributed by atoms with Crippen LogP contribution in [0.4, 0.5) is 11.4 Å². The first kappa shape index (κ1) is 19.2. The molecule has 1 amide bonds. The van der Waals surface area contributed by atoms with Crippen molar-refractivity contribution < 1.29 is 17.9 Å². The van der Waals surface area contributed by atoms with Crippen molar-refractivity contribution in [3.63, 3.8) is 0 Å². The van der Waals surface area contributed by atoms with Crippen molar-refractivity contribution in [2.75, 3.05) is 22.8 Å². The second-order valence-electron chi connectivity index (χ2n) is 6.62. The zero-order valence-corrected chi connectivity index (χ0v) is 16.6. The smallest absolute Gasteiger partial charge is 0.261 e. The number of nitrogens with zero attached hydrogens (tertiary/aromatic N) is 1. The number of carbonyl (C=O) groups is 1. The molecule has 0 radical (unpaired) electrons. The van der Waals surface area contributed by atoms with Crippen LogP contribution in [0.15, 0.2) is 41.3 Å². The highest BCUT2D eigenvalue weighted by Gasteiger charge is 2.23. The van der Waals surface area contributed by atoms with Crippen LogP contribution in [0.3, 0.4) is 0 Å². The fourth-order valence-corrected chi connectivity index (χ4v) is 4.53. The van der Waals surface area contributed by atoms with E-state index in [2.05, 4.69) is 4.72 Å². The van der Waals surface area contributed by atoms with Crippen molar-refractivity contribution in [3.8, 4) is 5.75 Å². The molecule has 0 spiro atoms. The molecule has 1 N–H and O–H groups in total. The van der Waals surface area contributed by atoms with E-state index in [1.54, 1.807) is 35.2 Å². The molecule has 3 rings (SSSR count). The zero-order valence-electron chi connectivity index (χ0n) is 15.8. The minimum Gasteiger partial charge on any atom is -0.493 e. The average Bonchev–Trinajstić information content (AvgIpc) is 3.04. The van der Waals surface area contributed by atoms with Crippen molar-refractivity contribution in [1.82, 2.24) is 0 Å². The van der Waals surface area contributed by atoms with E-state index in [-0.39, 0.29) is 10.8 Å². The standard InChI is InChI=1S/C20H24N2O4S/c1-4-26-20-14(2)11-18(12-15(20)3)27(24,25)21-16-7-5-8-17(13-16)22-10-6-9-19(22)23/h5,7-8,11-13,21H,4,6,9-10H2,1-3H3. The van der Waals surface area contributed by atoms with E-state index in [1.807, 2.05) is 26.8 Å². The van der Waals surface area contributed by atoms with Gasteiger partial charge in [0.2, 0.25) is 5.91 Å². The number of sulfonamides is 1. The van der Waals surface area contributed by atoms with Gasteiger partial charge in [-0.25, -0.2) is 8.42 Å². The highest BCUT2D eigenvalue weighted by molar-refractivity contribution is 7.92. The Bertz CT molecular complexity index is 947. The van der Waals surface area contributed by atoms with Crippen LogP contribution in [0.25, 0.3) is 0 Å². The maximum atomic E-state index is 12.8. The molecular formula is C20H24N2O4S. The molecule has 2 aromatic carbocycles. The number of hydrogen-bond acceptors (Lipinski definition) is 4. The van der Waals surface area contributed by atoms with Crippen LogP contribution in [0.2, 0.25) is 0 Å². The normalized spacial score (nSPS) is 14.5. The quantitative estimate of drug-likeness (QED) is 0.820. The molecule has 0 bridgehead atoms. The number of anilines is 2. The van der Waals surface area contributed by atoms with Gasteiger partial charge in [-0.15, -0.1) is 0 Å². The predicted molar refractivity (Wildman–Crippen MR) is 106 cm³/mol. The molecular weight excluding hydrogens is 364 g/mol. The number of nitrogens with one attached hydrogen (secondary N) is 1. The fourth-order valence-electron chi connectivity index (χ4n) is 3.31. The Balaban J connectivity index is 1.88. The number of ether oxygens (including phenoxy) is 1. The molecule has 7 heteroatoms. The van der Waals surface area contributed by atoms with Gasteiger partial charge in [0.1, 0.15) is 5.75 Å². The van der Waals surface area contributed by atoms with Crippen molar-refractivity contribution in [3.05, 3.63) is 47.5 Å². The van der Waals surface area contributed by atoms with Crippen LogP contribution in [0.1, 0.15) is 30.9 Å². The van der Waals surface area contributed by atoms with E-state index in [0.717, 1.165) is 17.5 Å². The zero-order chi connectivity index (χ0) is 19.6. The minimum atomic E-state index is -3.75. The minimum absolute atomic E-state index is 0.0627. The lowest BCUT2D eigenvalue weighted by atomic mass is 10.1. The van der Waals surface area contributed by atoms with Gasteiger partial charge in [0.15, 0.2) is 0 Å². The maximum Gasteiger partial charge on any atom is 0.261 e. The summed E-state index contributed by atoms with van der Waals surface area (Å²) < 4.78 is 33.9. The van der Waals surface area contributed by atoms with Crippen LogP contribution in [-0.4, -0.2) is 27.5 Å². The Hall–Kier alpha value is -2.54. The van der Waals surface area contributed by atoms with Gasteiger partial charge in [-0.2, -0.15) is 0 Å². The lowest BCUT2D eigenvalue weighted by Gasteiger charge is -2.17. The molecule has 1 saturated heterocycles. The summed E-state index contributed by atoms with van der Waals surface area (Å²) in [5.74, 6) is 0.777. The summed E-state index contributed by atoms with van der Waals surface area (Å²) in [6.45, 7) is 6.73. The number of carbonyl (C=O) groups excluding carboxylic acids is 1. The molecule has 2 aromatic rings. The number of hydrogen-bond donors (Lipinski definition) is 1. The Kier molecular flexibility index (Phi) is 5.41. The van der Waals surface area contributed by atoms with Crippen LogP contribution >= 0.6 is 0 Å². The summed E-state index contributed by atoms with van der Waals surface area (Å²) in [7, 11) is -3.75. The Labute approximate surface area is 160 Å². The average molecular weight is 388 g/mol. The van der Waals surface area contributed by atoms with Gasteiger partial charge in [0, 0.05) is 18.7 Å². The van der Waals surface area contributed by atoms with Gasteiger partial charge < -0.3 is 9.64 Å². The topological polar surface area (TPSA) is 75.7 Å². The summed E-state index contributed by atoms with van der Waals surface area (Å²) >= 11 is 0. The SMILES string of the molecule is CCOc1c(C)cc(S(=O)(=O)Nc2cccc(N3CCCC3=O)c2)cc1C. The largest absolute Gasteiger partial charge is 0.493 e. The lowest BCUT2D eigenvalue weighted by molar-refractivity contribution is -0.117. The van der Waals surface area contributed by atoms with Gasteiger partial charge in [0.05, 0.1) is 17.2 Å². The van der Waals surface area contributed by atoms with E-state index < -0.39 is 10.0 Å². The van der Waals surface area contributed by atoms with Crippen molar-refractivity contribution in [2.24, 2.45) is 0 Å². The summed E-state index contributed by atoms with van der Waals surface area (Å²) in [6, 6.07) is 10.1. The van der Waals surface area contributed by atoms with E-state index in [0.29, 0.717) is 36.7 Å². The molecule has 1 aliphatic heterocycles. The monoisotopic (exact) mass is 388 g/mol. The van der Waals surface area contributed by atoms with E-state index >= 15 is 0 Å². The molecule has 0 atom stereocenters. The van der Waals surface area contributed by atoms with E-state index in [4.69, 9.17) is 4.74 Å². The van der Waals surface area contributed by atoms with Crippen LogP contribution < -0.4 is 14.4 Å². The van der Waals surface area contributed by atoms with Crippen LogP contribution in [-0.2, 0) is 14.8 Å². The molecule has 1 aliphatic rings. The first-order valence-corrected chi connectivity index (χ1v) is 10.5. The van der Waals surface area contributed by atoms with Crippen molar-refractivity contribution in [2.45, 2.75) is 38.5 Å². The first-order chi connectivity index (χ1) is 12.8. The number of amides is 1. The lowest BCUT2D eigenvalue weighted by Crippen LogP contribution is -2.23. The molecule has 1 heterocycles. The second kappa shape index (κ2) is 7.60. The van der Waals surface area contributed by atoms with Crippen molar-refractivity contribution in [1.29, 1.82) is 0 Å². The second-order valence-corrected chi connectivity index (χ2v) is 8.31. The Morgan fingerprint density at radius 3 is 2.44 bits per heavy atom. The highest BCUT2D eigenvalue weighted by Crippen LogP contribution is 2.29. The van der Waals surface area contributed by atoms with E-state index in [1.165, 1.54) is 0 Å². The van der Waals surface area contributed by atoms with Gasteiger partial charge in [-0.05, 0) is 68.7 Å². The summed E-state index contributed by atoms with van der Waals surface area (Å²) in [6.07, 6.45) is 1.35.